The molecule has 0 saturated heterocycles. The number of furan rings is 2. The van der Waals surface area contributed by atoms with Gasteiger partial charge in [0, 0.05) is 12.1 Å². The number of nitrogens with one attached hydrogen (secondary N) is 1. The summed E-state index contributed by atoms with van der Waals surface area (Å²) in [4.78, 5) is 17.2. The number of aromatic nitrogens is 1. The molecule has 3 rings (SSSR count). The zero-order valence-corrected chi connectivity index (χ0v) is 12.5. The molecule has 1 N–H and O–H groups in total. The Balaban J connectivity index is 1.76. The molecule has 21 heavy (non-hydrogen) atoms. The number of rotatable bonds is 4. The lowest BCUT2D eigenvalue weighted by Gasteiger charge is -2.01. The van der Waals surface area contributed by atoms with Crippen LogP contribution in [0.5, 0.6) is 0 Å². The highest BCUT2D eigenvalue weighted by Gasteiger charge is 2.17. The van der Waals surface area contributed by atoms with Gasteiger partial charge < -0.3 is 14.2 Å². The topological polar surface area (TPSA) is 68.3 Å². The van der Waals surface area contributed by atoms with Crippen molar-refractivity contribution < 1.29 is 13.6 Å². The molecule has 1 amide bonds. The summed E-state index contributed by atoms with van der Waals surface area (Å²) in [7, 11) is 0. The third-order valence-corrected chi connectivity index (χ3v) is 4.16. The van der Waals surface area contributed by atoms with Gasteiger partial charge in [0.25, 0.3) is 5.91 Å². The number of nitrogens with zero attached hydrogens (tertiary/aromatic N) is 1. The highest BCUT2D eigenvalue weighted by atomic mass is 32.1. The second kappa shape index (κ2) is 5.57. The first kappa shape index (κ1) is 13.6. The largest absolute Gasteiger partial charge is 0.472 e. The summed E-state index contributed by atoms with van der Waals surface area (Å²) in [6.07, 6.45) is 3.19. The molecule has 0 aliphatic heterocycles. The van der Waals surface area contributed by atoms with Crippen molar-refractivity contribution in [3.63, 3.8) is 0 Å². The molecule has 0 bridgehead atoms. The number of thiazole rings is 1. The molecule has 0 aromatic carbocycles. The quantitative estimate of drug-likeness (QED) is 0.800. The van der Waals surface area contributed by atoms with E-state index >= 15 is 0 Å². The second-order valence-electron chi connectivity index (χ2n) is 4.66. The Bertz CT molecular complexity index is 756. The van der Waals surface area contributed by atoms with E-state index in [1.54, 1.807) is 12.5 Å². The number of carbonyl (C=O) groups is 1. The molecule has 3 heterocycles. The van der Waals surface area contributed by atoms with Crippen LogP contribution >= 0.6 is 11.3 Å². The first-order valence-corrected chi connectivity index (χ1v) is 7.28. The van der Waals surface area contributed by atoms with E-state index in [0.29, 0.717) is 27.9 Å². The van der Waals surface area contributed by atoms with Gasteiger partial charge in [0.05, 0.1) is 18.2 Å². The fourth-order valence-corrected chi connectivity index (χ4v) is 2.86. The van der Waals surface area contributed by atoms with E-state index in [9.17, 15) is 4.79 Å². The van der Waals surface area contributed by atoms with Crippen LogP contribution in [-0.2, 0) is 6.54 Å². The Labute approximate surface area is 125 Å². The van der Waals surface area contributed by atoms with Crippen molar-refractivity contribution in [1.29, 1.82) is 0 Å². The van der Waals surface area contributed by atoms with Gasteiger partial charge in [0.1, 0.15) is 10.6 Å². The maximum atomic E-state index is 12.2. The summed E-state index contributed by atoms with van der Waals surface area (Å²) in [6, 6.07) is 5.56. The Morgan fingerprint density at radius 1 is 1.33 bits per heavy atom. The van der Waals surface area contributed by atoms with Crippen LogP contribution in [0.4, 0.5) is 0 Å². The van der Waals surface area contributed by atoms with Crippen molar-refractivity contribution in [2.75, 3.05) is 0 Å². The number of amides is 1. The summed E-state index contributed by atoms with van der Waals surface area (Å²) in [5.41, 5.74) is 1.63. The highest BCUT2D eigenvalue weighted by Crippen LogP contribution is 2.29. The minimum absolute atomic E-state index is 0.138. The third-order valence-electron chi connectivity index (χ3n) is 2.99. The van der Waals surface area contributed by atoms with Gasteiger partial charge in [0.2, 0.25) is 0 Å². The molecule has 0 aliphatic rings. The summed E-state index contributed by atoms with van der Waals surface area (Å²) < 4.78 is 10.5. The molecule has 6 heteroatoms. The first-order valence-electron chi connectivity index (χ1n) is 6.47. The van der Waals surface area contributed by atoms with Gasteiger partial charge in [-0.25, -0.2) is 4.98 Å². The third kappa shape index (κ3) is 2.90. The number of hydrogen-bond donors (Lipinski definition) is 1. The van der Waals surface area contributed by atoms with Gasteiger partial charge in [-0.2, -0.15) is 0 Å². The van der Waals surface area contributed by atoms with Crippen molar-refractivity contribution in [2.45, 2.75) is 20.4 Å². The zero-order chi connectivity index (χ0) is 14.8. The predicted octanol–water partition coefficient (Wildman–Crippen LogP) is 3.54. The number of hydrogen-bond acceptors (Lipinski definition) is 5. The van der Waals surface area contributed by atoms with E-state index in [2.05, 4.69) is 10.3 Å². The van der Waals surface area contributed by atoms with Gasteiger partial charge >= 0.3 is 0 Å². The van der Waals surface area contributed by atoms with Crippen LogP contribution in [-0.4, -0.2) is 10.9 Å². The van der Waals surface area contributed by atoms with Crippen molar-refractivity contribution in [2.24, 2.45) is 0 Å². The van der Waals surface area contributed by atoms with Crippen molar-refractivity contribution in [1.82, 2.24) is 10.3 Å². The zero-order valence-electron chi connectivity index (χ0n) is 11.7. The Hall–Kier alpha value is -2.34. The van der Waals surface area contributed by atoms with E-state index in [-0.39, 0.29) is 5.91 Å². The molecule has 3 aromatic heterocycles. The molecule has 0 unspecified atom stereocenters. The van der Waals surface area contributed by atoms with E-state index in [4.69, 9.17) is 8.83 Å². The monoisotopic (exact) mass is 302 g/mol. The van der Waals surface area contributed by atoms with E-state index in [1.807, 2.05) is 32.0 Å². The Kier molecular flexibility index (Phi) is 3.62. The van der Waals surface area contributed by atoms with E-state index in [1.165, 1.54) is 11.3 Å². The number of aryl methyl sites for hydroxylation is 2. The first-order chi connectivity index (χ1) is 10.1. The summed E-state index contributed by atoms with van der Waals surface area (Å²) >= 11 is 1.33. The molecular formula is C15H14N2O3S. The van der Waals surface area contributed by atoms with Crippen LogP contribution in [0.25, 0.3) is 10.8 Å². The Morgan fingerprint density at radius 2 is 2.19 bits per heavy atom. The average molecular weight is 302 g/mol. The molecular weight excluding hydrogens is 288 g/mol. The van der Waals surface area contributed by atoms with Crippen molar-refractivity contribution >= 4 is 17.2 Å². The van der Waals surface area contributed by atoms with Crippen LogP contribution in [0.3, 0.4) is 0 Å². The SMILES string of the molecule is Cc1ccc(-c2nc(C)c(C(=O)NCc3ccoc3)s2)o1. The average Bonchev–Trinajstić information content (AvgIpc) is 3.16. The minimum Gasteiger partial charge on any atom is -0.472 e. The normalized spacial score (nSPS) is 10.8. The van der Waals surface area contributed by atoms with Gasteiger partial charge in [0.15, 0.2) is 10.8 Å². The fourth-order valence-electron chi connectivity index (χ4n) is 1.92. The molecule has 0 atom stereocenters. The molecule has 5 nitrogen and oxygen atoms in total. The maximum absolute atomic E-state index is 12.2. The summed E-state index contributed by atoms with van der Waals surface area (Å²) in [5.74, 6) is 1.37. The van der Waals surface area contributed by atoms with Crippen LogP contribution in [0, 0.1) is 13.8 Å². The molecule has 0 fully saturated rings. The van der Waals surface area contributed by atoms with Crippen LogP contribution in [0.2, 0.25) is 0 Å². The standard InChI is InChI=1S/C15H14N2O3S/c1-9-3-4-12(20-9)15-17-10(2)13(21-15)14(18)16-7-11-5-6-19-8-11/h3-6,8H,7H2,1-2H3,(H,16,18). The fraction of sp³-hybridized carbons (Fsp3) is 0.200. The molecule has 0 aliphatic carbocycles. The maximum Gasteiger partial charge on any atom is 0.263 e. The lowest BCUT2D eigenvalue weighted by atomic mass is 10.3. The van der Waals surface area contributed by atoms with Gasteiger partial charge in [-0.15, -0.1) is 11.3 Å². The van der Waals surface area contributed by atoms with Crippen LogP contribution in [0.15, 0.2) is 39.6 Å². The van der Waals surface area contributed by atoms with Gasteiger partial charge in [-0.3, -0.25) is 4.79 Å². The molecule has 0 saturated carbocycles. The van der Waals surface area contributed by atoms with E-state index < -0.39 is 0 Å². The van der Waals surface area contributed by atoms with Crippen molar-refractivity contribution in [3.8, 4) is 10.8 Å². The lowest BCUT2D eigenvalue weighted by Crippen LogP contribution is -2.22. The summed E-state index contributed by atoms with van der Waals surface area (Å²) in [5, 5.41) is 3.57. The van der Waals surface area contributed by atoms with Crippen molar-refractivity contribution in [3.05, 3.63) is 52.6 Å². The molecule has 108 valence electrons. The van der Waals surface area contributed by atoms with Gasteiger partial charge in [-0.1, -0.05) is 0 Å². The molecule has 3 aromatic rings. The number of carbonyl (C=O) groups excluding carboxylic acids is 1. The van der Waals surface area contributed by atoms with E-state index in [0.717, 1.165) is 11.3 Å². The predicted molar refractivity (Wildman–Crippen MR) is 79.2 cm³/mol. The minimum atomic E-state index is -0.138. The molecule has 0 radical (unpaired) electrons. The highest BCUT2D eigenvalue weighted by molar-refractivity contribution is 7.17. The van der Waals surface area contributed by atoms with Crippen LogP contribution < -0.4 is 5.32 Å². The lowest BCUT2D eigenvalue weighted by molar-refractivity contribution is 0.0954. The van der Waals surface area contributed by atoms with Gasteiger partial charge in [-0.05, 0) is 32.0 Å². The smallest absolute Gasteiger partial charge is 0.263 e. The molecule has 0 spiro atoms. The Morgan fingerprint density at radius 3 is 2.86 bits per heavy atom. The summed E-state index contributed by atoms with van der Waals surface area (Å²) in [6.45, 7) is 4.13. The van der Waals surface area contributed by atoms with Crippen LogP contribution in [0.1, 0.15) is 26.7 Å². The second-order valence-corrected chi connectivity index (χ2v) is 5.66.